The van der Waals surface area contributed by atoms with Crippen LogP contribution in [0, 0.1) is 0 Å². The number of rotatable bonds is 4. The van der Waals surface area contributed by atoms with Crippen LogP contribution < -0.4 is 5.32 Å². The topological polar surface area (TPSA) is 29.9 Å². The van der Waals surface area contributed by atoms with E-state index in [0.29, 0.717) is 12.0 Å². The standard InChI is InChI=1S/C15H21N3S/c1-3-18-10-11(9-17-18)15(16-2)13-5-4-6-14-12(13)7-8-19-14/h7-10,13,15-16H,3-6H2,1-2H3. The predicted molar refractivity (Wildman–Crippen MR) is 79.7 cm³/mol. The van der Waals surface area contributed by atoms with Crippen LogP contribution in [-0.2, 0) is 13.0 Å². The molecule has 2 aromatic rings. The zero-order valence-electron chi connectivity index (χ0n) is 11.6. The van der Waals surface area contributed by atoms with E-state index in [1.54, 1.807) is 10.4 Å². The summed E-state index contributed by atoms with van der Waals surface area (Å²) in [5.74, 6) is 0.592. The molecule has 102 valence electrons. The largest absolute Gasteiger partial charge is 0.312 e. The first-order valence-electron chi connectivity index (χ1n) is 7.09. The molecule has 1 aliphatic carbocycles. The number of fused-ring (bicyclic) bond motifs is 1. The Morgan fingerprint density at radius 2 is 2.47 bits per heavy atom. The first-order valence-corrected chi connectivity index (χ1v) is 7.97. The minimum atomic E-state index is 0.383. The molecule has 3 nitrogen and oxygen atoms in total. The maximum Gasteiger partial charge on any atom is 0.0537 e. The summed E-state index contributed by atoms with van der Waals surface area (Å²) in [5.41, 5.74) is 2.87. The van der Waals surface area contributed by atoms with Crippen molar-refractivity contribution in [2.75, 3.05) is 7.05 Å². The molecular formula is C15H21N3S. The van der Waals surface area contributed by atoms with E-state index in [-0.39, 0.29) is 0 Å². The van der Waals surface area contributed by atoms with Gasteiger partial charge in [0.2, 0.25) is 0 Å². The number of nitrogens with one attached hydrogen (secondary N) is 1. The van der Waals surface area contributed by atoms with Crippen molar-refractivity contribution < 1.29 is 0 Å². The fourth-order valence-corrected chi connectivity index (χ4v) is 4.18. The lowest BCUT2D eigenvalue weighted by Gasteiger charge is -2.30. The third-order valence-corrected chi connectivity index (χ3v) is 5.14. The van der Waals surface area contributed by atoms with Crippen LogP contribution in [0.2, 0.25) is 0 Å². The molecule has 2 unspecified atom stereocenters. The summed E-state index contributed by atoms with van der Waals surface area (Å²) in [6, 6.07) is 2.70. The minimum Gasteiger partial charge on any atom is -0.312 e. The van der Waals surface area contributed by atoms with Crippen LogP contribution in [0.15, 0.2) is 23.8 Å². The molecule has 2 aromatic heterocycles. The molecule has 0 aromatic carbocycles. The van der Waals surface area contributed by atoms with Crippen molar-refractivity contribution in [1.29, 1.82) is 0 Å². The molecule has 0 spiro atoms. The van der Waals surface area contributed by atoms with E-state index in [0.717, 1.165) is 6.54 Å². The van der Waals surface area contributed by atoms with E-state index in [2.05, 4.69) is 42.0 Å². The summed E-state index contributed by atoms with van der Waals surface area (Å²) in [6.45, 7) is 3.06. The number of aryl methyl sites for hydroxylation is 2. The number of hydrogen-bond donors (Lipinski definition) is 1. The Morgan fingerprint density at radius 1 is 1.58 bits per heavy atom. The average molecular weight is 275 g/mol. The summed E-state index contributed by atoms with van der Waals surface area (Å²) in [6.07, 6.45) is 8.03. The number of nitrogens with zero attached hydrogens (tertiary/aromatic N) is 2. The van der Waals surface area contributed by atoms with Crippen LogP contribution in [0.25, 0.3) is 0 Å². The van der Waals surface area contributed by atoms with Gasteiger partial charge in [0.25, 0.3) is 0 Å². The molecule has 2 heterocycles. The van der Waals surface area contributed by atoms with E-state index >= 15 is 0 Å². The third-order valence-electron chi connectivity index (χ3n) is 4.15. The van der Waals surface area contributed by atoms with Crippen molar-refractivity contribution in [2.45, 2.75) is 44.7 Å². The van der Waals surface area contributed by atoms with E-state index in [9.17, 15) is 0 Å². The highest BCUT2D eigenvalue weighted by molar-refractivity contribution is 7.10. The van der Waals surface area contributed by atoms with Crippen LogP contribution in [0.5, 0.6) is 0 Å². The number of likely N-dealkylation sites (N-methyl/N-ethyl adjacent to an activating group) is 1. The van der Waals surface area contributed by atoms with Crippen LogP contribution in [0.1, 0.15) is 47.7 Å². The molecule has 0 radical (unpaired) electrons. The van der Waals surface area contributed by atoms with Crippen LogP contribution in [0.3, 0.4) is 0 Å². The molecule has 1 N–H and O–H groups in total. The maximum atomic E-state index is 4.42. The van der Waals surface area contributed by atoms with Gasteiger partial charge in [-0.1, -0.05) is 0 Å². The van der Waals surface area contributed by atoms with Gasteiger partial charge in [0, 0.05) is 35.1 Å². The average Bonchev–Trinajstić information content (AvgIpc) is 3.08. The van der Waals surface area contributed by atoms with Crippen molar-refractivity contribution in [1.82, 2.24) is 15.1 Å². The Balaban J connectivity index is 1.91. The van der Waals surface area contributed by atoms with Gasteiger partial charge in [0.05, 0.1) is 6.20 Å². The quantitative estimate of drug-likeness (QED) is 0.927. The highest BCUT2D eigenvalue weighted by Crippen LogP contribution is 2.42. The van der Waals surface area contributed by atoms with Gasteiger partial charge in [0.1, 0.15) is 0 Å². The van der Waals surface area contributed by atoms with Crippen molar-refractivity contribution in [3.63, 3.8) is 0 Å². The molecule has 19 heavy (non-hydrogen) atoms. The van der Waals surface area contributed by atoms with Crippen molar-refractivity contribution in [2.24, 2.45) is 0 Å². The van der Waals surface area contributed by atoms with Gasteiger partial charge in [-0.15, -0.1) is 11.3 Å². The SMILES string of the molecule is CCn1cc(C(NC)C2CCCc3sccc32)cn1. The van der Waals surface area contributed by atoms with Crippen molar-refractivity contribution in [3.8, 4) is 0 Å². The first-order chi connectivity index (χ1) is 9.33. The normalized spacial score (nSPS) is 20.2. The second-order valence-electron chi connectivity index (χ2n) is 5.19. The Kier molecular flexibility index (Phi) is 3.71. The lowest BCUT2D eigenvalue weighted by atomic mass is 9.80. The second kappa shape index (κ2) is 5.47. The summed E-state index contributed by atoms with van der Waals surface area (Å²) in [7, 11) is 2.06. The molecule has 2 atom stereocenters. The summed E-state index contributed by atoms with van der Waals surface area (Å²) in [5, 5.41) is 10.2. The Morgan fingerprint density at radius 3 is 3.21 bits per heavy atom. The first kappa shape index (κ1) is 12.9. The smallest absolute Gasteiger partial charge is 0.0537 e. The van der Waals surface area contributed by atoms with E-state index in [1.807, 2.05) is 22.2 Å². The summed E-state index contributed by atoms with van der Waals surface area (Å²) < 4.78 is 2.01. The predicted octanol–water partition coefficient (Wildman–Crippen LogP) is 3.35. The zero-order valence-corrected chi connectivity index (χ0v) is 12.4. The van der Waals surface area contributed by atoms with Gasteiger partial charge in [0.15, 0.2) is 0 Å². The van der Waals surface area contributed by atoms with Crippen LogP contribution in [0.4, 0.5) is 0 Å². The van der Waals surface area contributed by atoms with Gasteiger partial charge in [-0.05, 0) is 50.2 Å². The Labute approximate surface area is 118 Å². The zero-order chi connectivity index (χ0) is 13.2. The molecule has 1 aliphatic rings. The molecule has 0 saturated heterocycles. The number of thiophene rings is 1. The summed E-state index contributed by atoms with van der Waals surface area (Å²) in [4.78, 5) is 1.58. The van der Waals surface area contributed by atoms with E-state index in [4.69, 9.17) is 0 Å². The van der Waals surface area contributed by atoms with Gasteiger partial charge < -0.3 is 5.32 Å². The van der Waals surface area contributed by atoms with Crippen LogP contribution >= 0.6 is 11.3 Å². The highest BCUT2D eigenvalue weighted by atomic mass is 32.1. The molecule has 0 fully saturated rings. The van der Waals surface area contributed by atoms with E-state index < -0.39 is 0 Å². The van der Waals surface area contributed by atoms with Gasteiger partial charge in [-0.3, -0.25) is 4.68 Å². The third kappa shape index (κ3) is 2.35. The maximum absolute atomic E-state index is 4.42. The van der Waals surface area contributed by atoms with E-state index in [1.165, 1.54) is 24.8 Å². The lowest BCUT2D eigenvalue weighted by molar-refractivity contribution is 0.427. The fourth-order valence-electron chi connectivity index (χ4n) is 3.18. The minimum absolute atomic E-state index is 0.383. The summed E-state index contributed by atoms with van der Waals surface area (Å²) >= 11 is 1.91. The van der Waals surface area contributed by atoms with Gasteiger partial charge in [-0.2, -0.15) is 5.10 Å². The highest BCUT2D eigenvalue weighted by Gasteiger charge is 2.29. The number of aromatic nitrogens is 2. The molecular weight excluding hydrogens is 254 g/mol. The fraction of sp³-hybridized carbons (Fsp3) is 0.533. The Hall–Kier alpha value is -1.13. The van der Waals surface area contributed by atoms with Crippen LogP contribution in [-0.4, -0.2) is 16.8 Å². The van der Waals surface area contributed by atoms with Gasteiger partial charge in [-0.25, -0.2) is 0 Å². The molecule has 4 heteroatoms. The molecule has 3 rings (SSSR count). The number of hydrogen-bond acceptors (Lipinski definition) is 3. The monoisotopic (exact) mass is 275 g/mol. The molecule has 0 bridgehead atoms. The molecule has 0 saturated carbocycles. The van der Waals surface area contributed by atoms with Crippen molar-refractivity contribution >= 4 is 11.3 Å². The molecule has 0 aliphatic heterocycles. The van der Waals surface area contributed by atoms with Gasteiger partial charge >= 0.3 is 0 Å². The molecule has 0 amide bonds. The van der Waals surface area contributed by atoms with Crippen molar-refractivity contribution in [3.05, 3.63) is 39.8 Å². The lowest BCUT2D eigenvalue weighted by Crippen LogP contribution is -2.25. The Bertz CT molecular complexity index is 543. The second-order valence-corrected chi connectivity index (χ2v) is 6.19.